The summed E-state index contributed by atoms with van der Waals surface area (Å²) < 4.78 is 0. The van der Waals surface area contributed by atoms with E-state index in [1.54, 1.807) is 0 Å². The predicted octanol–water partition coefficient (Wildman–Crippen LogP) is 2.05. The summed E-state index contributed by atoms with van der Waals surface area (Å²) in [7, 11) is 1.00. The van der Waals surface area contributed by atoms with Crippen LogP contribution in [0.5, 0.6) is 0 Å². The molecule has 0 heterocycles. The van der Waals surface area contributed by atoms with Gasteiger partial charge in [-0.25, -0.2) is 0 Å². The maximum atomic E-state index is 7.00. The van der Waals surface area contributed by atoms with Gasteiger partial charge in [0.05, 0.1) is 0 Å². The Kier molecular flexibility index (Phi) is 4.78. The zero-order valence-electron chi connectivity index (χ0n) is 6.72. The lowest BCUT2D eigenvalue weighted by atomic mass is 10.1. The van der Waals surface area contributed by atoms with Gasteiger partial charge in [-0.15, -0.1) is 0 Å². The van der Waals surface area contributed by atoms with Crippen molar-refractivity contribution in [3.8, 4) is 0 Å². The Bertz CT molecular complexity index is 53.6. The highest BCUT2D eigenvalue weighted by molar-refractivity contribution is 4.68. The SMILES string of the molecule is CC1CC[C@@H](C)C1.CO. The summed E-state index contributed by atoms with van der Waals surface area (Å²) in [4.78, 5) is 0. The topological polar surface area (TPSA) is 20.2 Å². The van der Waals surface area contributed by atoms with Crippen LogP contribution in [0.25, 0.3) is 0 Å². The lowest BCUT2D eigenvalue weighted by Gasteiger charge is -1.96. The van der Waals surface area contributed by atoms with E-state index < -0.39 is 0 Å². The van der Waals surface area contributed by atoms with Crippen LogP contribution >= 0.6 is 0 Å². The Hall–Kier alpha value is -0.0400. The van der Waals surface area contributed by atoms with Crippen molar-refractivity contribution in [2.45, 2.75) is 33.1 Å². The molecule has 1 aliphatic carbocycles. The highest BCUT2D eigenvalue weighted by Gasteiger charge is 2.15. The van der Waals surface area contributed by atoms with E-state index in [-0.39, 0.29) is 0 Å². The summed E-state index contributed by atoms with van der Waals surface area (Å²) in [5.41, 5.74) is 0. The Morgan fingerprint density at radius 2 is 1.33 bits per heavy atom. The Balaban J connectivity index is 0.000000291. The molecule has 1 aliphatic rings. The molecule has 9 heavy (non-hydrogen) atoms. The molecule has 0 radical (unpaired) electrons. The summed E-state index contributed by atoms with van der Waals surface area (Å²) in [6.45, 7) is 4.70. The summed E-state index contributed by atoms with van der Waals surface area (Å²) in [5, 5.41) is 7.00. The smallest absolute Gasteiger partial charge is 0.0319 e. The van der Waals surface area contributed by atoms with Gasteiger partial charge in [-0.1, -0.05) is 26.7 Å². The van der Waals surface area contributed by atoms with Gasteiger partial charge in [-0.05, 0) is 18.3 Å². The largest absolute Gasteiger partial charge is 0.400 e. The first-order valence-electron chi connectivity index (χ1n) is 3.73. The second kappa shape index (κ2) is 4.80. The average Bonchev–Trinajstić information content (AvgIpc) is 2.20. The van der Waals surface area contributed by atoms with E-state index in [4.69, 9.17) is 5.11 Å². The number of aliphatic hydroxyl groups is 1. The quantitative estimate of drug-likeness (QED) is 0.532. The molecule has 0 aromatic carbocycles. The van der Waals surface area contributed by atoms with Gasteiger partial charge < -0.3 is 5.11 Å². The summed E-state index contributed by atoms with van der Waals surface area (Å²) in [6, 6.07) is 0. The van der Waals surface area contributed by atoms with Crippen LogP contribution in [0, 0.1) is 11.8 Å². The van der Waals surface area contributed by atoms with E-state index in [1.807, 2.05) is 0 Å². The Morgan fingerprint density at radius 3 is 1.44 bits per heavy atom. The Labute approximate surface area is 58.1 Å². The van der Waals surface area contributed by atoms with Gasteiger partial charge in [0, 0.05) is 7.11 Å². The van der Waals surface area contributed by atoms with Gasteiger partial charge >= 0.3 is 0 Å². The molecule has 0 aromatic heterocycles. The van der Waals surface area contributed by atoms with Crippen molar-refractivity contribution in [1.82, 2.24) is 0 Å². The van der Waals surface area contributed by atoms with Gasteiger partial charge in [-0.3, -0.25) is 0 Å². The molecule has 1 N–H and O–H groups in total. The maximum Gasteiger partial charge on any atom is 0.0319 e. The van der Waals surface area contributed by atoms with E-state index in [1.165, 1.54) is 19.3 Å². The molecule has 0 spiro atoms. The van der Waals surface area contributed by atoms with Gasteiger partial charge in [0.15, 0.2) is 0 Å². The standard InChI is InChI=1S/C7H14.CH4O/c1-6-3-4-7(2)5-6;1-2/h6-7H,3-5H2,1-2H3;2H,1H3/t6-,7?;/m1./s1. The van der Waals surface area contributed by atoms with Crippen molar-refractivity contribution in [3.05, 3.63) is 0 Å². The van der Waals surface area contributed by atoms with Crippen LogP contribution in [0.1, 0.15) is 33.1 Å². The molecule has 0 aromatic rings. The van der Waals surface area contributed by atoms with Crippen molar-refractivity contribution in [2.75, 3.05) is 7.11 Å². The molecule has 2 atom stereocenters. The minimum atomic E-state index is 1.00. The van der Waals surface area contributed by atoms with Crippen LogP contribution in [0.4, 0.5) is 0 Å². The monoisotopic (exact) mass is 130 g/mol. The van der Waals surface area contributed by atoms with Gasteiger partial charge in [0.1, 0.15) is 0 Å². The van der Waals surface area contributed by atoms with Crippen molar-refractivity contribution in [2.24, 2.45) is 11.8 Å². The number of hydrogen-bond acceptors (Lipinski definition) is 1. The molecule has 1 rings (SSSR count). The third-order valence-corrected chi connectivity index (χ3v) is 1.96. The molecule has 1 fully saturated rings. The molecular formula is C8H18O. The van der Waals surface area contributed by atoms with Crippen molar-refractivity contribution in [1.29, 1.82) is 0 Å². The zero-order chi connectivity index (χ0) is 7.28. The van der Waals surface area contributed by atoms with Crippen LogP contribution in [0.15, 0.2) is 0 Å². The maximum absolute atomic E-state index is 7.00. The lowest BCUT2D eigenvalue weighted by Crippen LogP contribution is -1.84. The van der Waals surface area contributed by atoms with E-state index in [9.17, 15) is 0 Å². The number of rotatable bonds is 0. The van der Waals surface area contributed by atoms with Crippen LogP contribution in [-0.4, -0.2) is 12.2 Å². The molecule has 0 saturated heterocycles. The van der Waals surface area contributed by atoms with Crippen LogP contribution in [-0.2, 0) is 0 Å². The van der Waals surface area contributed by atoms with E-state index >= 15 is 0 Å². The second-order valence-corrected chi connectivity index (χ2v) is 3.02. The van der Waals surface area contributed by atoms with Gasteiger partial charge in [-0.2, -0.15) is 0 Å². The third kappa shape index (κ3) is 3.52. The fraction of sp³-hybridized carbons (Fsp3) is 1.00. The summed E-state index contributed by atoms with van der Waals surface area (Å²) >= 11 is 0. The molecule has 0 aliphatic heterocycles. The molecular weight excluding hydrogens is 112 g/mol. The molecule has 56 valence electrons. The molecule has 1 saturated carbocycles. The number of aliphatic hydroxyl groups excluding tert-OH is 1. The predicted molar refractivity (Wildman–Crippen MR) is 40.3 cm³/mol. The van der Waals surface area contributed by atoms with Crippen LogP contribution in [0.2, 0.25) is 0 Å². The first kappa shape index (κ1) is 8.96. The first-order valence-corrected chi connectivity index (χ1v) is 3.73. The molecule has 1 nitrogen and oxygen atoms in total. The lowest BCUT2D eigenvalue weighted by molar-refractivity contribution is 0.399. The first-order chi connectivity index (χ1) is 4.29. The minimum Gasteiger partial charge on any atom is -0.400 e. The molecule has 1 unspecified atom stereocenters. The molecule has 0 bridgehead atoms. The normalized spacial score (nSPS) is 33.3. The highest BCUT2D eigenvalue weighted by Crippen LogP contribution is 2.29. The van der Waals surface area contributed by atoms with Crippen molar-refractivity contribution >= 4 is 0 Å². The van der Waals surface area contributed by atoms with Crippen LogP contribution in [0.3, 0.4) is 0 Å². The van der Waals surface area contributed by atoms with Gasteiger partial charge in [0.2, 0.25) is 0 Å². The number of hydrogen-bond donors (Lipinski definition) is 1. The summed E-state index contributed by atoms with van der Waals surface area (Å²) in [6.07, 6.45) is 4.42. The van der Waals surface area contributed by atoms with Gasteiger partial charge in [0.25, 0.3) is 0 Å². The zero-order valence-corrected chi connectivity index (χ0v) is 6.72. The van der Waals surface area contributed by atoms with Crippen LogP contribution < -0.4 is 0 Å². The van der Waals surface area contributed by atoms with E-state index in [0.29, 0.717) is 0 Å². The Morgan fingerprint density at radius 1 is 1.00 bits per heavy atom. The van der Waals surface area contributed by atoms with E-state index in [0.717, 1.165) is 18.9 Å². The molecule has 1 heteroatoms. The highest BCUT2D eigenvalue weighted by atomic mass is 16.2. The van der Waals surface area contributed by atoms with E-state index in [2.05, 4.69) is 13.8 Å². The second-order valence-electron chi connectivity index (χ2n) is 3.02. The van der Waals surface area contributed by atoms with Crippen molar-refractivity contribution < 1.29 is 5.11 Å². The van der Waals surface area contributed by atoms with Crippen molar-refractivity contribution in [3.63, 3.8) is 0 Å². The molecule has 0 amide bonds. The average molecular weight is 130 g/mol. The summed E-state index contributed by atoms with van der Waals surface area (Å²) in [5.74, 6) is 2.05. The fourth-order valence-electron chi connectivity index (χ4n) is 1.49. The minimum absolute atomic E-state index is 1.00. The fourth-order valence-corrected chi connectivity index (χ4v) is 1.49. The third-order valence-electron chi connectivity index (χ3n) is 1.96.